The SMILES string of the molecule is Cc1cnc(-c2nn(-c3c(Cl)cccc3Cl)c(=O)c3cnc(Nc4ccc(N5CCNCC5)cc4)nc23)[nH]1. The van der Waals surface area contributed by atoms with E-state index in [9.17, 15) is 4.79 Å². The normalized spacial score (nSPS) is 13.7. The first-order chi connectivity index (χ1) is 18.5. The van der Waals surface area contributed by atoms with Crippen molar-refractivity contribution in [2.24, 2.45) is 0 Å². The lowest BCUT2D eigenvalue weighted by molar-refractivity contribution is 0.589. The van der Waals surface area contributed by atoms with Crippen LogP contribution < -0.4 is 21.1 Å². The molecular formula is C26H23Cl2N9O. The van der Waals surface area contributed by atoms with Crippen molar-refractivity contribution < 1.29 is 0 Å². The molecular weight excluding hydrogens is 525 g/mol. The van der Waals surface area contributed by atoms with Gasteiger partial charge in [0.05, 0.1) is 15.4 Å². The lowest BCUT2D eigenvalue weighted by Crippen LogP contribution is -2.43. The first-order valence-corrected chi connectivity index (χ1v) is 12.8. The summed E-state index contributed by atoms with van der Waals surface area (Å²) in [6, 6.07) is 13.1. The van der Waals surface area contributed by atoms with Crippen molar-refractivity contribution in [3.8, 4) is 17.2 Å². The highest BCUT2D eigenvalue weighted by atomic mass is 35.5. The maximum Gasteiger partial charge on any atom is 0.282 e. The van der Waals surface area contributed by atoms with Crippen molar-refractivity contribution in [1.29, 1.82) is 0 Å². The van der Waals surface area contributed by atoms with Crippen molar-refractivity contribution in [2.45, 2.75) is 6.92 Å². The summed E-state index contributed by atoms with van der Waals surface area (Å²) in [6.07, 6.45) is 3.16. The van der Waals surface area contributed by atoms with Crippen molar-refractivity contribution in [3.63, 3.8) is 0 Å². The number of halogens is 2. The van der Waals surface area contributed by atoms with Crippen LogP contribution in [0.25, 0.3) is 28.1 Å². The van der Waals surface area contributed by atoms with E-state index in [-0.39, 0.29) is 21.1 Å². The van der Waals surface area contributed by atoms with Gasteiger partial charge in [0.15, 0.2) is 11.5 Å². The Labute approximate surface area is 227 Å². The zero-order chi connectivity index (χ0) is 26.2. The number of para-hydroxylation sites is 1. The van der Waals surface area contributed by atoms with E-state index >= 15 is 0 Å². The highest BCUT2D eigenvalue weighted by Crippen LogP contribution is 2.29. The predicted octanol–water partition coefficient (Wildman–Crippen LogP) is 4.33. The summed E-state index contributed by atoms with van der Waals surface area (Å²) in [5.41, 5.74) is 3.35. The number of aromatic amines is 1. The van der Waals surface area contributed by atoms with Crippen LogP contribution in [-0.2, 0) is 0 Å². The Morgan fingerprint density at radius 2 is 1.71 bits per heavy atom. The minimum atomic E-state index is -0.450. The second-order valence-electron chi connectivity index (χ2n) is 8.92. The maximum absolute atomic E-state index is 13.5. The van der Waals surface area contributed by atoms with Gasteiger partial charge >= 0.3 is 0 Å². The third-order valence-corrected chi connectivity index (χ3v) is 6.93. The predicted molar refractivity (Wildman–Crippen MR) is 150 cm³/mol. The van der Waals surface area contributed by atoms with Gasteiger partial charge in [-0.2, -0.15) is 9.78 Å². The number of H-pyrrole nitrogens is 1. The van der Waals surface area contributed by atoms with E-state index in [2.05, 4.69) is 52.7 Å². The molecule has 1 saturated heterocycles. The Bertz CT molecular complexity index is 1670. The molecule has 1 aliphatic heterocycles. The zero-order valence-corrected chi connectivity index (χ0v) is 21.9. The monoisotopic (exact) mass is 547 g/mol. The van der Waals surface area contributed by atoms with Gasteiger partial charge in [-0.1, -0.05) is 29.3 Å². The van der Waals surface area contributed by atoms with Gasteiger partial charge in [0, 0.05) is 55.6 Å². The summed E-state index contributed by atoms with van der Waals surface area (Å²) in [5.74, 6) is 0.779. The van der Waals surface area contributed by atoms with E-state index in [1.54, 1.807) is 24.4 Å². The Balaban J connectivity index is 1.42. The Kier molecular flexibility index (Phi) is 6.44. The fourth-order valence-corrected chi connectivity index (χ4v) is 4.99. The molecule has 0 spiro atoms. The zero-order valence-electron chi connectivity index (χ0n) is 20.4. The molecule has 0 bridgehead atoms. The molecule has 4 heterocycles. The van der Waals surface area contributed by atoms with E-state index in [1.807, 2.05) is 19.1 Å². The van der Waals surface area contributed by atoms with E-state index < -0.39 is 5.56 Å². The number of fused-ring (bicyclic) bond motifs is 1. The van der Waals surface area contributed by atoms with Gasteiger partial charge in [-0.3, -0.25) is 4.79 Å². The molecule has 12 heteroatoms. The molecule has 10 nitrogen and oxygen atoms in total. The number of nitrogens with one attached hydrogen (secondary N) is 3. The highest BCUT2D eigenvalue weighted by molar-refractivity contribution is 6.37. The third kappa shape index (κ3) is 4.58. The molecule has 38 heavy (non-hydrogen) atoms. The molecule has 6 rings (SSSR count). The standard InChI is InChI=1S/C26H23Cl2N9O/c1-15-13-30-24(32-15)22-21-18(25(38)37(35-22)23-19(27)3-2-4-20(23)28)14-31-26(34-21)33-16-5-7-17(8-6-16)36-11-9-29-10-12-36/h2-8,13-14,29H,9-12H2,1H3,(H,30,32)(H,31,33,34). The number of piperazine rings is 1. The quantitative estimate of drug-likeness (QED) is 0.297. The lowest BCUT2D eigenvalue weighted by Gasteiger charge is -2.29. The van der Waals surface area contributed by atoms with Crippen LogP contribution in [0.2, 0.25) is 10.0 Å². The van der Waals surface area contributed by atoms with Crippen LogP contribution in [0.1, 0.15) is 5.69 Å². The Morgan fingerprint density at radius 3 is 2.39 bits per heavy atom. The molecule has 192 valence electrons. The summed E-state index contributed by atoms with van der Waals surface area (Å²) >= 11 is 12.8. The van der Waals surface area contributed by atoms with Gasteiger partial charge in [-0.25, -0.2) is 15.0 Å². The van der Waals surface area contributed by atoms with E-state index in [1.165, 1.54) is 10.9 Å². The van der Waals surface area contributed by atoms with Crippen LogP contribution in [0.4, 0.5) is 17.3 Å². The van der Waals surface area contributed by atoms with E-state index in [0.29, 0.717) is 23.0 Å². The number of anilines is 3. The molecule has 1 fully saturated rings. The average Bonchev–Trinajstić information content (AvgIpc) is 3.36. The van der Waals surface area contributed by atoms with Crippen LogP contribution in [0.3, 0.4) is 0 Å². The first-order valence-electron chi connectivity index (χ1n) is 12.1. The van der Waals surface area contributed by atoms with Gasteiger partial charge in [-0.15, -0.1) is 0 Å². The number of rotatable bonds is 5. The van der Waals surface area contributed by atoms with Gasteiger partial charge < -0.3 is 20.5 Å². The second-order valence-corrected chi connectivity index (χ2v) is 9.73. The van der Waals surface area contributed by atoms with Crippen LogP contribution in [-0.4, -0.2) is 55.9 Å². The number of nitrogens with zero attached hydrogens (tertiary/aromatic N) is 6. The first kappa shape index (κ1) is 24.4. The lowest BCUT2D eigenvalue weighted by atomic mass is 10.2. The van der Waals surface area contributed by atoms with Crippen molar-refractivity contribution >= 4 is 51.4 Å². The molecule has 0 amide bonds. The van der Waals surface area contributed by atoms with Crippen molar-refractivity contribution in [3.05, 3.63) is 81.0 Å². The number of hydrogen-bond donors (Lipinski definition) is 3. The second kappa shape index (κ2) is 10.1. The van der Waals surface area contributed by atoms with Crippen LogP contribution in [0, 0.1) is 6.92 Å². The topological polar surface area (TPSA) is 117 Å². The molecule has 0 aliphatic carbocycles. The fourth-order valence-electron chi connectivity index (χ4n) is 4.43. The third-order valence-electron chi connectivity index (χ3n) is 6.32. The fraction of sp³-hybridized carbons (Fsp3) is 0.192. The van der Waals surface area contributed by atoms with Crippen LogP contribution >= 0.6 is 23.2 Å². The highest BCUT2D eigenvalue weighted by Gasteiger charge is 2.21. The van der Waals surface area contributed by atoms with Gasteiger partial charge in [-0.05, 0) is 43.3 Å². The number of benzene rings is 2. The Hall–Kier alpha value is -3.99. The smallest absolute Gasteiger partial charge is 0.282 e. The Morgan fingerprint density at radius 1 is 0.974 bits per heavy atom. The molecule has 0 atom stereocenters. The molecule has 2 aromatic carbocycles. The summed E-state index contributed by atoms with van der Waals surface area (Å²) in [5, 5.41) is 12.0. The number of imidazole rings is 1. The van der Waals surface area contributed by atoms with Gasteiger partial charge in [0.2, 0.25) is 5.95 Å². The van der Waals surface area contributed by atoms with Crippen molar-refractivity contribution in [1.82, 2.24) is 35.0 Å². The molecule has 0 unspecified atom stereocenters. The summed E-state index contributed by atoms with van der Waals surface area (Å²) in [7, 11) is 0. The number of aryl methyl sites for hydroxylation is 1. The average molecular weight is 548 g/mol. The molecule has 0 radical (unpaired) electrons. The minimum Gasteiger partial charge on any atom is -0.369 e. The minimum absolute atomic E-state index is 0.250. The van der Waals surface area contributed by atoms with Crippen LogP contribution in [0.5, 0.6) is 0 Å². The molecule has 5 aromatic rings. The summed E-state index contributed by atoms with van der Waals surface area (Å²) < 4.78 is 1.17. The molecule has 3 N–H and O–H groups in total. The molecule has 1 aliphatic rings. The maximum atomic E-state index is 13.5. The summed E-state index contributed by atoms with van der Waals surface area (Å²) in [4.78, 5) is 32.5. The van der Waals surface area contributed by atoms with Crippen LogP contribution in [0.15, 0.2) is 59.7 Å². The van der Waals surface area contributed by atoms with Crippen molar-refractivity contribution in [2.75, 3.05) is 36.4 Å². The van der Waals surface area contributed by atoms with E-state index in [0.717, 1.165) is 43.2 Å². The molecule has 3 aromatic heterocycles. The number of aromatic nitrogens is 6. The largest absolute Gasteiger partial charge is 0.369 e. The van der Waals surface area contributed by atoms with E-state index in [4.69, 9.17) is 23.2 Å². The number of hydrogen-bond acceptors (Lipinski definition) is 8. The summed E-state index contributed by atoms with van der Waals surface area (Å²) in [6.45, 7) is 5.77. The molecule has 0 saturated carbocycles. The van der Waals surface area contributed by atoms with Gasteiger partial charge in [0.25, 0.3) is 5.56 Å². The van der Waals surface area contributed by atoms with Gasteiger partial charge in [0.1, 0.15) is 11.2 Å².